The van der Waals surface area contributed by atoms with Crippen LogP contribution in [0.4, 0.5) is 10.1 Å². The molecule has 0 radical (unpaired) electrons. The van der Waals surface area contributed by atoms with Crippen molar-refractivity contribution in [3.63, 3.8) is 0 Å². The number of likely N-dealkylation sites (N-methyl/N-ethyl adjacent to an activating group) is 1. The molecule has 0 aromatic heterocycles. The summed E-state index contributed by atoms with van der Waals surface area (Å²) in [5.41, 5.74) is 3.39. The molecule has 0 bridgehead atoms. The molecule has 1 saturated heterocycles. The first kappa shape index (κ1) is 23.4. The number of para-hydroxylation sites is 1. The van der Waals surface area contributed by atoms with Gasteiger partial charge in [-0.05, 0) is 60.2 Å². The molecule has 3 aromatic rings. The number of halogens is 1. The molecule has 33 heavy (non-hydrogen) atoms. The molecule has 174 valence electrons. The van der Waals surface area contributed by atoms with Crippen LogP contribution in [-0.2, 0) is 12.0 Å². The molecule has 0 saturated carbocycles. The van der Waals surface area contributed by atoms with Crippen molar-refractivity contribution in [3.05, 3.63) is 101 Å². The number of hydrogen-bond acceptors (Lipinski definition) is 4. The Kier molecular flexibility index (Phi) is 7.43. The summed E-state index contributed by atoms with van der Waals surface area (Å²) in [5.74, 6) is -0.224. The van der Waals surface area contributed by atoms with Crippen LogP contribution in [0.25, 0.3) is 0 Å². The fourth-order valence-corrected chi connectivity index (χ4v) is 4.62. The summed E-state index contributed by atoms with van der Waals surface area (Å²) < 4.78 is 13.1. The highest BCUT2D eigenvalue weighted by Gasteiger charge is 2.34. The van der Waals surface area contributed by atoms with Crippen LogP contribution in [0, 0.1) is 5.82 Å². The van der Waals surface area contributed by atoms with Crippen LogP contribution in [0.3, 0.4) is 0 Å². The highest BCUT2D eigenvalue weighted by molar-refractivity contribution is 5.45. The third kappa shape index (κ3) is 6.20. The third-order valence-corrected chi connectivity index (χ3v) is 6.65. The van der Waals surface area contributed by atoms with Crippen LogP contribution in [0.2, 0.25) is 0 Å². The molecule has 0 aliphatic carbocycles. The third-order valence-electron chi connectivity index (χ3n) is 6.65. The smallest absolute Gasteiger partial charge is 0.123 e. The number of anilines is 1. The van der Waals surface area contributed by atoms with Crippen molar-refractivity contribution in [1.82, 2.24) is 4.90 Å². The topological polar surface area (TPSA) is 46.9 Å². The van der Waals surface area contributed by atoms with E-state index < -0.39 is 11.7 Å². The molecule has 1 aliphatic heterocycles. The Labute approximate surface area is 195 Å². The van der Waals surface area contributed by atoms with Gasteiger partial charge in [-0.1, -0.05) is 54.6 Å². The van der Waals surface area contributed by atoms with Crippen LogP contribution >= 0.6 is 0 Å². The molecule has 4 rings (SSSR count). The number of benzene rings is 3. The number of aliphatic hydroxyl groups is 2. The minimum Gasteiger partial charge on any atom is -0.390 e. The molecular weight excluding hydrogens is 415 g/mol. The average molecular weight is 449 g/mol. The van der Waals surface area contributed by atoms with E-state index in [-0.39, 0.29) is 5.82 Å². The number of rotatable bonds is 8. The predicted molar refractivity (Wildman–Crippen MR) is 131 cm³/mol. The molecule has 1 aliphatic rings. The number of hydrogen-bond donors (Lipinski definition) is 2. The molecule has 1 atom stereocenters. The summed E-state index contributed by atoms with van der Waals surface area (Å²) in [6.07, 6.45) is 1.58. The highest BCUT2D eigenvalue weighted by atomic mass is 19.1. The van der Waals surface area contributed by atoms with Gasteiger partial charge in [0.15, 0.2) is 0 Å². The number of piperidine rings is 1. The lowest BCUT2D eigenvalue weighted by molar-refractivity contribution is -0.0336. The number of nitrogens with zero attached hydrogens (tertiary/aromatic N) is 2. The fraction of sp³-hybridized carbons (Fsp3) is 0.357. The lowest BCUT2D eigenvalue weighted by atomic mass is 9.84. The monoisotopic (exact) mass is 448 g/mol. The van der Waals surface area contributed by atoms with Gasteiger partial charge in [0.1, 0.15) is 5.82 Å². The molecule has 0 amide bonds. The Hall–Kier alpha value is -2.73. The number of β-amino-alcohol motifs (C(OH)–C–C–N with tert-alkyl or cyclic N) is 1. The second-order valence-corrected chi connectivity index (χ2v) is 9.20. The largest absolute Gasteiger partial charge is 0.390 e. The van der Waals surface area contributed by atoms with E-state index in [1.54, 1.807) is 12.1 Å². The van der Waals surface area contributed by atoms with Gasteiger partial charge in [0.25, 0.3) is 0 Å². The molecule has 0 spiro atoms. The lowest BCUT2D eigenvalue weighted by Crippen LogP contribution is -2.46. The quantitative estimate of drug-likeness (QED) is 0.542. The predicted octanol–water partition coefficient (Wildman–Crippen LogP) is 4.20. The SMILES string of the molecule is CN(CC(O)CN1CCC(O)(c2ccc(Cc3ccc(F)cc3)cc2)CC1)c1ccccc1. The summed E-state index contributed by atoms with van der Waals surface area (Å²) in [6.45, 7) is 2.67. The summed E-state index contributed by atoms with van der Waals surface area (Å²) in [4.78, 5) is 4.30. The van der Waals surface area contributed by atoms with Crippen LogP contribution in [0.15, 0.2) is 78.9 Å². The lowest BCUT2D eigenvalue weighted by Gasteiger charge is -2.39. The average Bonchev–Trinajstić information content (AvgIpc) is 2.83. The molecule has 1 heterocycles. The zero-order valence-electron chi connectivity index (χ0n) is 19.2. The molecule has 2 N–H and O–H groups in total. The Morgan fingerprint density at radius 1 is 0.909 bits per heavy atom. The zero-order chi connectivity index (χ0) is 23.3. The molecular formula is C28H33FN2O2. The Morgan fingerprint density at radius 2 is 1.48 bits per heavy atom. The maximum atomic E-state index is 13.1. The molecule has 1 unspecified atom stereocenters. The van der Waals surface area contributed by atoms with Gasteiger partial charge in [-0.3, -0.25) is 0 Å². The number of likely N-dealkylation sites (tertiary alicyclic amines) is 1. The van der Waals surface area contributed by atoms with E-state index in [0.29, 0.717) is 25.9 Å². The minimum absolute atomic E-state index is 0.224. The van der Waals surface area contributed by atoms with Crippen LogP contribution in [0.5, 0.6) is 0 Å². The van der Waals surface area contributed by atoms with Crippen molar-refractivity contribution >= 4 is 5.69 Å². The van der Waals surface area contributed by atoms with Crippen LogP contribution in [0.1, 0.15) is 29.5 Å². The van der Waals surface area contributed by atoms with Crippen molar-refractivity contribution < 1.29 is 14.6 Å². The van der Waals surface area contributed by atoms with Gasteiger partial charge < -0.3 is 20.0 Å². The van der Waals surface area contributed by atoms with Gasteiger partial charge in [-0.25, -0.2) is 4.39 Å². The standard InChI is InChI=1S/C28H33FN2O2/c1-30(26-5-3-2-4-6-26)20-27(32)21-31-17-15-28(33,16-18-31)24-11-7-22(8-12-24)19-23-9-13-25(29)14-10-23/h2-14,27,32-33H,15-21H2,1H3. The number of aliphatic hydroxyl groups excluding tert-OH is 1. The minimum atomic E-state index is -0.837. The first-order valence-electron chi connectivity index (χ1n) is 11.6. The summed E-state index contributed by atoms with van der Waals surface area (Å²) in [5, 5.41) is 21.8. The van der Waals surface area contributed by atoms with Crippen LogP contribution < -0.4 is 4.90 Å². The van der Waals surface area contributed by atoms with Crippen molar-refractivity contribution in [1.29, 1.82) is 0 Å². The van der Waals surface area contributed by atoms with Crippen molar-refractivity contribution in [2.24, 2.45) is 0 Å². The van der Waals surface area contributed by atoms with Gasteiger partial charge in [0.05, 0.1) is 11.7 Å². The van der Waals surface area contributed by atoms with Gasteiger partial charge >= 0.3 is 0 Å². The maximum absolute atomic E-state index is 13.1. The van der Waals surface area contributed by atoms with Gasteiger partial charge in [-0.15, -0.1) is 0 Å². The summed E-state index contributed by atoms with van der Waals surface area (Å²) >= 11 is 0. The Bertz CT molecular complexity index is 1000. The van der Waals surface area contributed by atoms with E-state index in [1.165, 1.54) is 12.1 Å². The maximum Gasteiger partial charge on any atom is 0.123 e. The van der Waals surface area contributed by atoms with Crippen molar-refractivity contribution in [2.45, 2.75) is 31.0 Å². The van der Waals surface area contributed by atoms with Crippen LogP contribution in [-0.4, -0.2) is 54.4 Å². The van der Waals surface area contributed by atoms with Gasteiger partial charge in [0, 0.05) is 38.9 Å². The van der Waals surface area contributed by atoms with Crippen molar-refractivity contribution in [3.8, 4) is 0 Å². The van der Waals surface area contributed by atoms with E-state index in [2.05, 4.69) is 9.80 Å². The zero-order valence-corrected chi connectivity index (χ0v) is 19.2. The van der Waals surface area contributed by atoms with Gasteiger partial charge in [0.2, 0.25) is 0 Å². The Morgan fingerprint density at radius 3 is 2.09 bits per heavy atom. The second kappa shape index (κ2) is 10.5. The van der Waals surface area contributed by atoms with E-state index in [4.69, 9.17) is 0 Å². The summed E-state index contributed by atoms with van der Waals surface area (Å²) in [7, 11) is 1.99. The molecule has 1 fully saturated rings. The van der Waals surface area contributed by atoms with E-state index in [1.807, 2.05) is 61.6 Å². The highest BCUT2D eigenvalue weighted by Crippen LogP contribution is 2.33. The fourth-order valence-electron chi connectivity index (χ4n) is 4.62. The molecule has 5 heteroatoms. The van der Waals surface area contributed by atoms with Gasteiger partial charge in [-0.2, -0.15) is 0 Å². The second-order valence-electron chi connectivity index (χ2n) is 9.20. The van der Waals surface area contributed by atoms with E-state index >= 15 is 0 Å². The first-order chi connectivity index (χ1) is 15.9. The molecule has 3 aromatic carbocycles. The first-order valence-corrected chi connectivity index (χ1v) is 11.6. The van der Waals surface area contributed by atoms with Crippen molar-refractivity contribution in [2.75, 3.05) is 38.1 Å². The Balaban J connectivity index is 1.27. The van der Waals surface area contributed by atoms with E-state index in [0.717, 1.165) is 41.9 Å². The molecule has 4 nitrogen and oxygen atoms in total. The summed E-state index contributed by atoms with van der Waals surface area (Å²) in [6, 6.07) is 24.8. The van der Waals surface area contributed by atoms with E-state index in [9.17, 15) is 14.6 Å². The normalized spacial score (nSPS) is 17.0.